The quantitative estimate of drug-likeness (QED) is 0.690. The third-order valence-electron chi connectivity index (χ3n) is 3.14. The zero-order valence-electron chi connectivity index (χ0n) is 8.84. The molecule has 15 heavy (non-hydrogen) atoms. The van der Waals surface area contributed by atoms with Gasteiger partial charge in [0.1, 0.15) is 11.5 Å². The van der Waals surface area contributed by atoms with E-state index in [1.807, 2.05) is 7.05 Å². The molecule has 0 aliphatic carbocycles. The van der Waals surface area contributed by atoms with Crippen LogP contribution in [0.1, 0.15) is 18.4 Å². The van der Waals surface area contributed by atoms with Crippen molar-refractivity contribution in [3.63, 3.8) is 0 Å². The summed E-state index contributed by atoms with van der Waals surface area (Å²) in [7, 11) is 1.99. The van der Waals surface area contributed by atoms with Crippen LogP contribution < -0.4 is 0 Å². The Labute approximate surface area is 88.7 Å². The van der Waals surface area contributed by atoms with E-state index in [0.29, 0.717) is 18.4 Å². The van der Waals surface area contributed by atoms with Crippen molar-refractivity contribution in [1.82, 2.24) is 4.90 Å². The maximum atomic E-state index is 14.5. The van der Waals surface area contributed by atoms with Crippen LogP contribution in [0.15, 0.2) is 24.3 Å². The van der Waals surface area contributed by atoms with E-state index in [1.165, 1.54) is 12.1 Å². The molecule has 2 rings (SSSR count). The van der Waals surface area contributed by atoms with Gasteiger partial charge in [-0.3, -0.25) is 0 Å². The second-order valence-electron chi connectivity index (χ2n) is 4.28. The van der Waals surface area contributed by atoms with Gasteiger partial charge in [-0.25, -0.2) is 8.78 Å². The number of alkyl halides is 1. The fraction of sp³-hybridized carbons (Fsp3) is 0.500. The first-order valence-electron chi connectivity index (χ1n) is 5.24. The summed E-state index contributed by atoms with van der Waals surface area (Å²) in [4.78, 5) is 2.11. The van der Waals surface area contributed by atoms with Gasteiger partial charge in [0.2, 0.25) is 0 Å². The normalized spacial score (nSPS) is 21.5. The fourth-order valence-corrected chi connectivity index (χ4v) is 2.01. The highest BCUT2D eigenvalue weighted by molar-refractivity contribution is 5.23. The molecule has 1 aliphatic rings. The number of piperidine rings is 1. The lowest BCUT2D eigenvalue weighted by Gasteiger charge is -2.34. The zero-order valence-corrected chi connectivity index (χ0v) is 8.84. The average Bonchev–Trinajstić information content (AvgIpc) is 2.24. The zero-order chi connectivity index (χ0) is 10.9. The summed E-state index contributed by atoms with van der Waals surface area (Å²) in [6, 6.07) is 5.77. The molecule has 0 amide bonds. The van der Waals surface area contributed by atoms with E-state index in [0.717, 1.165) is 13.1 Å². The lowest BCUT2D eigenvalue weighted by Crippen LogP contribution is -2.37. The van der Waals surface area contributed by atoms with Crippen LogP contribution in [0.3, 0.4) is 0 Å². The molecule has 0 aromatic heterocycles. The van der Waals surface area contributed by atoms with E-state index < -0.39 is 5.67 Å². The molecule has 0 saturated carbocycles. The predicted octanol–water partition coefficient (Wildman–Crippen LogP) is 2.72. The van der Waals surface area contributed by atoms with Crippen LogP contribution in [0.2, 0.25) is 0 Å². The number of hydrogen-bond acceptors (Lipinski definition) is 1. The van der Waals surface area contributed by atoms with Gasteiger partial charge < -0.3 is 4.90 Å². The molecular weight excluding hydrogens is 196 g/mol. The van der Waals surface area contributed by atoms with E-state index in [4.69, 9.17) is 0 Å². The topological polar surface area (TPSA) is 3.24 Å². The number of halogens is 2. The Morgan fingerprint density at radius 2 is 1.67 bits per heavy atom. The second-order valence-corrected chi connectivity index (χ2v) is 4.28. The summed E-state index contributed by atoms with van der Waals surface area (Å²) in [5, 5.41) is 0. The molecule has 1 saturated heterocycles. The van der Waals surface area contributed by atoms with Crippen LogP contribution in [0.25, 0.3) is 0 Å². The molecule has 0 bridgehead atoms. The molecule has 1 aromatic rings. The minimum atomic E-state index is -1.26. The van der Waals surface area contributed by atoms with Gasteiger partial charge in [-0.15, -0.1) is 0 Å². The lowest BCUT2D eigenvalue weighted by molar-refractivity contribution is 0.0673. The molecule has 0 spiro atoms. The first-order chi connectivity index (χ1) is 7.10. The first-order valence-corrected chi connectivity index (χ1v) is 5.24. The van der Waals surface area contributed by atoms with E-state index in [9.17, 15) is 8.78 Å². The van der Waals surface area contributed by atoms with Crippen molar-refractivity contribution in [1.29, 1.82) is 0 Å². The molecule has 82 valence electrons. The van der Waals surface area contributed by atoms with Crippen LogP contribution in [-0.2, 0) is 5.67 Å². The highest BCUT2D eigenvalue weighted by Crippen LogP contribution is 2.36. The monoisotopic (exact) mass is 211 g/mol. The Hall–Kier alpha value is -0.960. The Kier molecular flexibility index (Phi) is 2.74. The number of hydrogen-bond donors (Lipinski definition) is 0. The predicted molar refractivity (Wildman–Crippen MR) is 55.9 cm³/mol. The van der Waals surface area contributed by atoms with E-state index in [1.54, 1.807) is 12.1 Å². The highest BCUT2D eigenvalue weighted by Gasteiger charge is 2.35. The van der Waals surface area contributed by atoms with Gasteiger partial charge >= 0.3 is 0 Å². The molecule has 0 radical (unpaired) electrons. The SMILES string of the molecule is CN1CCC(F)(c2ccc(F)cc2)CC1. The fourth-order valence-electron chi connectivity index (χ4n) is 2.01. The number of rotatable bonds is 1. The Morgan fingerprint density at radius 3 is 2.20 bits per heavy atom. The van der Waals surface area contributed by atoms with Crippen LogP contribution in [0, 0.1) is 5.82 Å². The molecule has 0 atom stereocenters. The van der Waals surface area contributed by atoms with Crippen molar-refractivity contribution in [3.05, 3.63) is 35.6 Å². The number of benzene rings is 1. The molecule has 1 aromatic carbocycles. The number of likely N-dealkylation sites (tertiary alicyclic amines) is 1. The second kappa shape index (κ2) is 3.89. The molecule has 1 heterocycles. The minimum absolute atomic E-state index is 0.310. The third-order valence-corrected chi connectivity index (χ3v) is 3.14. The maximum Gasteiger partial charge on any atom is 0.138 e. The summed E-state index contributed by atoms with van der Waals surface area (Å²) in [6.45, 7) is 1.52. The summed E-state index contributed by atoms with van der Waals surface area (Å²) >= 11 is 0. The number of nitrogens with zero attached hydrogens (tertiary/aromatic N) is 1. The Bertz CT molecular complexity index is 326. The molecule has 1 nitrogen and oxygen atoms in total. The molecule has 0 N–H and O–H groups in total. The molecule has 1 fully saturated rings. The van der Waals surface area contributed by atoms with Gasteiger partial charge in [0.25, 0.3) is 0 Å². The van der Waals surface area contributed by atoms with Crippen molar-refractivity contribution in [2.45, 2.75) is 18.5 Å². The summed E-state index contributed by atoms with van der Waals surface area (Å²) in [5.41, 5.74) is -0.655. The van der Waals surface area contributed by atoms with Crippen molar-refractivity contribution in [2.75, 3.05) is 20.1 Å². The summed E-state index contributed by atoms with van der Waals surface area (Å²) < 4.78 is 27.2. The van der Waals surface area contributed by atoms with Crippen LogP contribution >= 0.6 is 0 Å². The van der Waals surface area contributed by atoms with Gasteiger partial charge in [0, 0.05) is 13.1 Å². The molecule has 3 heteroatoms. The summed E-state index contributed by atoms with van der Waals surface area (Å²) in [6.07, 6.45) is 0.990. The van der Waals surface area contributed by atoms with Crippen molar-refractivity contribution in [2.24, 2.45) is 0 Å². The van der Waals surface area contributed by atoms with Crippen molar-refractivity contribution >= 4 is 0 Å². The minimum Gasteiger partial charge on any atom is -0.306 e. The van der Waals surface area contributed by atoms with Gasteiger partial charge in [0.05, 0.1) is 0 Å². The smallest absolute Gasteiger partial charge is 0.138 e. The summed E-state index contributed by atoms with van der Waals surface area (Å²) in [5.74, 6) is -0.310. The Balaban J connectivity index is 2.18. The maximum absolute atomic E-state index is 14.5. The van der Waals surface area contributed by atoms with E-state index in [2.05, 4.69) is 4.90 Å². The highest BCUT2D eigenvalue weighted by atomic mass is 19.1. The van der Waals surface area contributed by atoms with Crippen LogP contribution in [0.5, 0.6) is 0 Å². The van der Waals surface area contributed by atoms with E-state index >= 15 is 0 Å². The molecular formula is C12H15F2N. The van der Waals surface area contributed by atoms with Gasteiger partial charge in [-0.05, 0) is 37.6 Å². The lowest BCUT2D eigenvalue weighted by atomic mass is 9.86. The van der Waals surface area contributed by atoms with Crippen LogP contribution in [0.4, 0.5) is 8.78 Å². The molecule has 0 unspecified atom stereocenters. The van der Waals surface area contributed by atoms with Crippen molar-refractivity contribution in [3.8, 4) is 0 Å². The van der Waals surface area contributed by atoms with Crippen molar-refractivity contribution < 1.29 is 8.78 Å². The van der Waals surface area contributed by atoms with Crippen LogP contribution in [-0.4, -0.2) is 25.0 Å². The average molecular weight is 211 g/mol. The Morgan fingerprint density at radius 1 is 1.13 bits per heavy atom. The standard InChI is InChI=1S/C12H15F2N/c1-15-8-6-12(14,7-9-15)10-2-4-11(13)5-3-10/h2-5H,6-9H2,1H3. The first kappa shape index (κ1) is 10.6. The molecule has 1 aliphatic heterocycles. The third kappa shape index (κ3) is 2.17. The van der Waals surface area contributed by atoms with Gasteiger partial charge in [-0.1, -0.05) is 12.1 Å². The largest absolute Gasteiger partial charge is 0.306 e. The van der Waals surface area contributed by atoms with E-state index in [-0.39, 0.29) is 5.82 Å². The van der Waals surface area contributed by atoms with Gasteiger partial charge in [-0.2, -0.15) is 0 Å². The van der Waals surface area contributed by atoms with Gasteiger partial charge in [0.15, 0.2) is 0 Å².